The molecule has 2 heterocycles. The zero-order valence-corrected chi connectivity index (χ0v) is 12.5. The first-order chi connectivity index (χ1) is 9.96. The van der Waals surface area contributed by atoms with Crippen LogP contribution in [0, 0.1) is 0 Å². The number of β-amino-alcohol motifs (C(OH)–C–C–N with tert-alkyl or cyclic N) is 1. The van der Waals surface area contributed by atoms with Crippen LogP contribution in [0.25, 0.3) is 0 Å². The molecule has 0 unspecified atom stereocenters. The minimum atomic E-state index is -0.809. The SMILES string of the molecule is CC1(C)OC[C@H]([C@@H]2[C@H](O)[C@H](O)CN2Cc2ccccc2)O1. The van der Waals surface area contributed by atoms with Crippen LogP contribution < -0.4 is 0 Å². The Kier molecular flexibility index (Phi) is 4.03. The van der Waals surface area contributed by atoms with Gasteiger partial charge in [-0.15, -0.1) is 0 Å². The molecule has 3 rings (SSSR count). The Morgan fingerprint density at radius 2 is 1.95 bits per heavy atom. The van der Waals surface area contributed by atoms with Gasteiger partial charge in [0, 0.05) is 13.1 Å². The van der Waals surface area contributed by atoms with E-state index in [-0.39, 0.29) is 12.1 Å². The van der Waals surface area contributed by atoms with E-state index in [1.807, 2.05) is 44.2 Å². The summed E-state index contributed by atoms with van der Waals surface area (Å²) in [5, 5.41) is 20.3. The number of rotatable bonds is 3. The van der Waals surface area contributed by atoms with Crippen LogP contribution in [-0.4, -0.2) is 58.4 Å². The van der Waals surface area contributed by atoms with Gasteiger partial charge in [-0.05, 0) is 19.4 Å². The van der Waals surface area contributed by atoms with Gasteiger partial charge in [-0.3, -0.25) is 4.90 Å². The number of aliphatic hydroxyl groups excluding tert-OH is 2. The van der Waals surface area contributed by atoms with Crippen LogP contribution in [0.4, 0.5) is 0 Å². The summed E-state index contributed by atoms with van der Waals surface area (Å²) in [5.41, 5.74) is 1.15. The molecule has 0 aromatic heterocycles. The summed E-state index contributed by atoms with van der Waals surface area (Å²) in [5.74, 6) is -0.629. The fourth-order valence-corrected chi connectivity index (χ4v) is 3.24. The Labute approximate surface area is 125 Å². The Bertz CT molecular complexity index is 478. The quantitative estimate of drug-likeness (QED) is 0.861. The van der Waals surface area contributed by atoms with Crippen molar-refractivity contribution in [3.63, 3.8) is 0 Å². The van der Waals surface area contributed by atoms with Crippen LogP contribution in [0.2, 0.25) is 0 Å². The predicted molar refractivity (Wildman–Crippen MR) is 77.6 cm³/mol. The zero-order valence-electron chi connectivity index (χ0n) is 12.5. The van der Waals surface area contributed by atoms with Gasteiger partial charge in [0.1, 0.15) is 6.10 Å². The number of aliphatic hydroxyl groups is 2. The van der Waals surface area contributed by atoms with Crippen molar-refractivity contribution in [1.82, 2.24) is 4.90 Å². The maximum absolute atomic E-state index is 10.3. The fourth-order valence-electron chi connectivity index (χ4n) is 3.24. The lowest BCUT2D eigenvalue weighted by atomic mass is 10.0. The standard InChI is InChI=1S/C16H23NO4/c1-16(2)20-10-13(21-16)14-15(19)12(18)9-17(14)8-11-6-4-3-5-7-11/h3-7,12-15,18-19H,8-10H2,1-2H3/t12-,13-,14-,15-/m1/s1. The molecular formula is C16H23NO4. The molecule has 116 valence electrons. The molecule has 4 atom stereocenters. The number of hydrogen-bond donors (Lipinski definition) is 2. The van der Waals surface area contributed by atoms with Crippen molar-refractivity contribution in [1.29, 1.82) is 0 Å². The molecule has 0 amide bonds. The van der Waals surface area contributed by atoms with Crippen LogP contribution in [-0.2, 0) is 16.0 Å². The van der Waals surface area contributed by atoms with E-state index in [0.717, 1.165) is 5.56 Å². The van der Waals surface area contributed by atoms with Crippen LogP contribution in [0.3, 0.4) is 0 Å². The topological polar surface area (TPSA) is 62.2 Å². The summed E-state index contributed by atoms with van der Waals surface area (Å²) in [6.45, 7) is 5.30. The highest BCUT2D eigenvalue weighted by Crippen LogP contribution is 2.32. The molecule has 0 aliphatic carbocycles. The molecule has 0 radical (unpaired) electrons. The third-order valence-electron chi connectivity index (χ3n) is 4.23. The van der Waals surface area contributed by atoms with Crippen LogP contribution in [0.5, 0.6) is 0 Å². The highest BCUT2D eigenvalue weighted by atomic mass is 16.7. The molecule has 2 N–H and O–H groups in total. The van der Waals surface area contributed by atoms with Gasteiger partial charge in [0.25, 0.3) is 0 Å². The van der Waals surface area contributed by atoms with Crippen molar-refractivity contribution in [2.24, 2.45) is 0 Å². The van der Waals surface area contributed by atoms with Crippen LogP contribution in [0.15, 0.2) is 30.3 Å². The second-order valence-corrected chi connectivity index (χ2v) is 6.33. The molecule has 21 heavy (non-hydrogen) atoms. The lowest BCUT2D eigenvalue weighted by Gasteiger charge is -2.30. The smallest absolute Gasteiger partial charge is 0.163 e. The van der Waals surface area contributed by atoms with E-state index in [2.05, 4.69) is 4.90 Å². The van der Waals surface area contributed by atoms with Gasteiger partial charge in [-0.2, -0.15) is 0 Å². The predicted octanol–water partition coefficient (Wildman–Crippen LogP) is 0.744. The number of hydrogen-bond acceptors (Lipinski definition) is 5. The van der Waals surface area contributed by atoms with Gasteiger partial charge in [-0.1, -0.05) is 30.3 Å². The van der Waals surface area contributed by atoms with E-state index in [1.165, 1.54) is 0 Å². The van der Waals surface area contributed by atoms with E-state index in [4.69, 9.17) is 9.47 Å². The molecule has 0 saturated carbocycles. The summed E-state index contributed by atoms with van der Waals surface area (Å²) < 4.78 is 11.5. The summed E-state index contributed by atoms with van der Waals surface area (Å²) >= 11 is 0. The van der Waals surface area contributed by atoms with E-state index < -0.39 is 18.0 Å². The van der Waals surface area contributed by atoms with Crippen LogP contribution in [0.1, 0.15) is 19.4 Å². The molecule has 2 fully saturated rings. The maximum atomic E-state index is 10.3. The van der Waals surface area contributed by atoms with Crippen molar-refractivity contribution in [2.75, 3.05) is 13.2 Å². The van der Waals surface area contributed by atoms with Crippen molar-refractivity contribution < 1.29 is 19.7 Å². The molecule has 5 heteroatoms. The molecule has 2 aliphatic rings. The van der Waals surface area contributed by atoms with Crippen molar-refractivity contribution >= 4 is 0 Å². The van der Waals surface area contributed by atoms with E-state index in [9.17, 15) is 10.2 Å². The maximum Gasteiger partial charge on any atom is 0.163 e. The Morgan fingerprint density at radius 1 is 1.24 bits per heavy atom. The number of ether oxygens (including phenoxy) is 2. The number of benzene rings is 1. The second-order valence-electron chi connectivity index (χ2n) is 6.33. The third-order valence-corrected chi connectivity index (χ3v) is 4.23. The summed E-state index contributed by atoms with van der Waals surface area (Å²) in [6, 6.07) is 9.80. The summed E-state index contributed by atoms with van der Waals surface area (Å²) in [4.78, 5) is 2.08. The largest absolute Gasteiger partial charge is 0.389 e. The molecule has 0 spiro atoms. The zero-order chi connectivity index (χ0) is 15.0. The average Bonchev–Trinajstić information content (AvgIpc) is 2.92. The monoisotopic (exact) mass is 293 g/mol. The third kappa shape index (κ3) is 3.12. The van der Waals surface area contributed by atoms with Crippen molar-refractivity contribution in [2.45, 2.75) is 50.5 Å². The van der Waals surface area contributed by atoms with Gasteiger partial charge in [0.2, 0.25) is 0 Å². The van der Waals surface area contributed by atoms with Gasteiger partial charge in [-0.25, -0.2) is 0 Å². The molecule has 5 nitrogen and oxygen atoms in total. The minimum Gasteiger partial charge on any atom is -0.389 e. The first kappa shape index (κ1) is 14.9. The number of likely N-dealkylation sites (tertiary alicyclic amines) is 1. The highest BCUT2D eigenvalue weighted by molar-refractivity contribution is 5.15. The minimum absolute atomic E-state index is 0.226. The first-order valence-electron chi connectivity index (χ1n) is 7.42. The van der Waals surface area contributed by atoms with E-state index in [0.29, 0.717) is 19.7 Å². The second kappa shape index (κ2) is 5.66. The van der Waals surface area contributed by atoms with Gasteiger partial charge < -0.3 is 19.7 Å². The normalized spacial score (nSPS) is 36.2. The number of nitrogens with zero attached hydrogens (tertiary/aromatic N) is 1. The van der Waals surface area contributed by atoms with Gasteiger partial charge >= 0.3 is 0 Å². The molecule has 0 bridgehead atoms. The van der Waals surface area contributed by atoms with E-state index >= 15 is 0 Å². The van der Waals surface area contributed by atoms with Gasteiger partial charge in [0.15, 0.2) is 5.79 Å². The molecule has 1 aromatic carbocycles. The Hall–Kier alpha value is -0.980. The summed E-state index contributed by atoms with van der Waals surface area (Å²) in [7, 11) is 0. The van der Waals surface area contributed by atoms with Crippen molar-refractivity contribution in [3.05, 3.63) is 35.9 Å². The molecule has 1 aromatic rings. The van der Waals surface area contributed by atoms with Crippen molar-refractivity contribution in [3.8, 4) is 0 Å². The van der Waals surface area contributed by atoms with Gasteiger partial charge in [0.05, 0.1) is 24.9 Å². The lowest BCUT2D eigenvalue weighted by molar-refractivity contribution is -0.150. The lowest BCUT2D eigenvalue weighted by Crippen LogP contribution is -2.46. The molecular weight excluding hydrogens is 270 g/mol. The Balaban J connectivity index is 1.75. The highest BCUT2D eigenvalue weighted by Gasteiger charge is 2.48. The van der Waals surface area contributed by atoms with E-state index in [1.54, 1.807) is 0 Å². The van der Waals surface area contributed by atoms with Crippen LogP contribution >= 0.6 is 0 Å². The average molecular weight is 293 g/mol. The molecule has 2 aliphatic heterocycles. The Morgan fingerprint density at radius 3 is 2.57 bits per heavy atom. The fraction of sp³-hybridized carbons (Fsp3) is 0.625. The summed E-state index contributed by atoms with van der Waals surface area (Å²) in [6.07, 6.45) is -1.78. The molecule has 2 saturated heterocycles. The first-order valence-corrected chi connectivity index (χ1v) is 7.42.